The topological polar surface area (TPSA) is 95.7 Å². The summed E-state index contributed by atoms with van der Waals surface area (Å²) in [6.45, 7) is 0.886. The Bertz CT molecular complexity index is 1280. The van der Waals surface area contributed by atoms with Crippen LogP contribution in [-0.4, -0.2) is 36.6 Å². The maximum atomic E-state index is 13.0. The van der Waals surface area contributed by atoms with Crippen molar-refractivity contribution in [2.75, 3.05) is 20.5 Å². The van der Waals surface area contributed by atoms with Crippen LogP contribution in [-0.2, 0) is 17.7 Å². The van der Waals surface area contributed by atoms with Crippen LogP contribution < -0.4 is 14.8 Å². The minimum Gasteiger partial charge on any atom is -0.454 e. The molecular formula is C24H21N3O5. The van der Waals surface area contributed by atoms with Crippen LogP contribution in [0.25, 0.3) is 21.9 Å². The number of benzene rings is 3. The summed E-state index contributed by atoms with van der Waals surface area (Å²) in [6, 6.07) is 17.5. The molecule has 0 saturated heterocycles. The molecular weight excluding hydrogens is 410 g/mol. The Morgan fingerprint density at radius 1 is 1.06 bits per heavy atom. The maximum absolute atomic E-state index is 13.0. The third kappa shape index (κ3) is 3.88. The van der Waals surface area contributed by atoms with E-state index in [1.165, 1.54) is 0 Å². The van der Waals surface area contributed by atoms with Crippen LogP contribution in [0, 0.1) is 0 Å². The third-order valence-electron chi connectivity index (χ3n) is 5.29. The fourth-order valence-corrected chi connectivity index (χ4v) is 3.73. The van der Waals surface area contributed by atoms with Crippen LogP contribution in [0.5, 0.6) is 11.5 Å². The highest BCUT2D eigenvalue weighted by molar-refractivity contribution is 6.10. The second-order valence-corrected chi connectivity index (χ2v) is 7.30. The summed E-state index contributed by atoms with van der Waals surface area (Å²) in [5.74, 6) is 2.15. The van der Waals surface area contributed by atoms with Crippen molar-refractivity contribution in [3.05, 3.63) is 71.9 Å². The highest BCUT2D eigenvalue weighted by Crippen LogP contribution is 2.38. The van der Waals surface area contributed by atoms with Gasteiger partial charge in [0, 0.05) is 19.1 Å². The summed E-state index contributed by atoms with van der Waals surface area (Å²) < 4.78 is 21.1. The van der Waals surface area contributed by atoms with Crippen LogP contribution in [0.1, 0.15) is 22.1 Å². The van der Waals surface area contributed by atoms with Crippen molar-refractivity contribution in [1.29, 1.82) is 0 Å². The normalized spacial score (nSPS) is 12.3. The first-order valence-corrected chi connectivity index (χ1v) is 10.2. The molecule has 1 amide bonds. The molecule has 0 fully saturated rings. The zero-order chi connectivity index (χ0) is 21.9. The van der Waals surface area contributed by atoms with E-state index in [0.717, 1.165) is 33.4 Å². The van der Waals surface area contributed by atoms with Crippen molar-refractivity contribution in [3.63, 3.8) is 0 Å². The summed E-state index contributed by atoms with van der Waals surface area (Å²) in [6.07, 6.45) is 0.555. The lowest BCUT2D eigenvalue weighted by molar-refractivity contribution is 0.0948. The average Bonchev–Trinajstić information content (AvgIpc) is 3.49. The summed E-state index contributed by atoms with van der Waals surface area (Å²) >= 11 is 0. The van der Waals surface area contributed by atoms with Crippen molar-refractivity contribution >= 4 is 16.7 Å². The Hall–Kier alpha value is -3.91. The number of nitrogens with zero attached hydrogens (tertiary/aromatic N) is 2. The molecule has 0 unspecified atom stereocenters. The smallest absolute Gasteiger partial charge is 0.252 e. The summed E-state index contributed by atoms with van der Waals surface area (Å²) in [5.41, 5.74) is 2.58. The van der Waals surface area contributed by atoms with E-state index in [1.54, 1.807) is 13.2 Å². The van der Waals surface area contributed by atoms with Gasteiger partial charge in [0.1, 0.15) is 0 Å². The van der Waals surface area contributed by atoms with E-state index < -0.39 is 0 Å². The summed E-state index contributed by atoms with van der Waals surface area (Å²) in [4.78, 5) is 17.2. The molecule has 2 heterocycles. The number of carbonyl (C=O) groups is 1. The van der Waals surface area contributed by atoms with Crippen molar-refractivity contribution < 1.29 is 23.5 Å². The van der Waals surface area contributed by atoms with Crippen molar-refractivity contribution in [2.24, 2.45) is 0 Å². The molecule has 0 atom stereocenters. The van der Waals surface area contributed by atoms with Crippen molar-refractivity contribution in [2.45, 2.75) is 13.0 Å². The maximum Gasteiger partial charge on any atom is 0.252 e. The number of aromatic nitrogens is 2. The minimum absolute atomic E-state index is 0.150. The molecule has 32 heavy (non-hydrogen) atoms. The molecule has 3 aromatic carbocycles. The molecule has 1 aliphatic heterocycles. The lowest BCUT2D eigenvalue weighted by atomic mass is 9.95. The van der Waals surface area contributed by atoms with Gasteiger partial charge in [0.05, 0.1) is 13.2 Å². The standard InChI is InChI=1S/C24H21N3O5/c1-29-11-10-22-26-23(32-27-22)13-25-24(28)19-7-3-5-17-16(4-2-6-18(17)19)15-8-9-20-21(12-15)31-14-30-20/h2-9,12H,10-11,13-14H2,1H3,(H,25,28). The van der Waals surface area contributed by atoms with Gasteiger partial charge in [0.25, 0.3) is 5.91 Å². The van der Waals surface area contributed by atoms with Gasteiger partial charge in [-0.25, -0.2) is 0 Å². The van der Waals surface area contributed by atoms with Gasteiger partial charge in [-0.3, -0.25) is 4.79 Å². The van der Waals surface area contributed by atoms with E-state index in [0.29, 0.717) is 30.3 Å². The molecule has 0 radical (unpaired) electrons. The second kappa shape index (κ2) is 8.68. The van der Waals surface area contributed by atoms with Gasteiger partial charge < -0.3 is 24.1 Å². The van der Waals surface area contributed by atoms with Gasteiger partial charge in [0.2, 0.25) is 12.7 Å². The highest BCUT2D eigenvalue weighted by Gasteiger charge is 2.17. The SMILES string of the molecule is COCCc1noc(CNC(=O)c2cccc3c(-c4ccc5c(c4)OCO5)cccc23)n1. The predicted octanol–water partition coefficient (Wildman–Crippen LogP) is 3.74. The molecule has 8 nitrogen and oxygen atoms in total. The van der Waals surface area contributed by atoms with Gasteiger partial charge in [-0.2, -0.15) is 4.98 Å². The summed E-state index contributed by atoms with van der Waals surface area (Å²) in [5, 5.41) is 8.58. The van der Waals surface area contributed by atoms with Gasteiger partial charge in [-0.05, 0) is 40.1 Å². The predicted molar refractivity (Wildman–Crippen MR) is 117 cm³/mol. The molecule has 4 aromatic rings. The van der Waals surface area contributed by atoms with Crippen LogP contribution in [0.4, 0.5) is 0 Å². The molecule has 0 aliphatic carbocycles. The molecule has 1 N–H and O–H groups in total. The van der Waals surface area contributed by atoms with Gasteiger partial charge in [-0.1, -0.05) is 41.6 Å². The molecule has 0 saturated carbocycles. The number of nitrogens with one attached hydrogen (secondary N) is 1. The average molecular weight is 431 g/mol. The molecule has 8 heteroatoms. The van der Waals surface area contributed by atoms with E-state index >= 15 is 0 Å². The van der Waals surface area contributed by atoms with E-state index in [2.05, 4.69) is 15.5 Å². The number of ether oxygens (including phenoxy) is 3. The van der Waals surface area contributed by atoms with Gasteiger partial charge >= 0.3 is 0 Å². The van der Waals surface area contributed by atoms with Crippen LogP contribution in [0.15, 0.2) is 59.1 Å². The molecule has 0 spiro atoms. The Kier molecular flexibility index (Phi) is 5.43. The van der Waals surface area contributed by atoms with E-state index in [1.807, 2.05) is 48.5 Å². The Morgan fingerprint density at radius 2 is 1.91 bits per heavy atom. The quantitative estimate of drug-likeness (QED) is 0.476. The lowest BCUT2D eigenvalue weighted by Gasteiger charge is -2.11. The fourth-order valence-electron chi connectivity index (χ4n) is 3.73. The first kappa shape index (κ1) is 20.0. The highest BCUT2D eigenvalue weighted by atomic mass is 16.7. The zero-order valence-corrected chi connectivity index (χ0v) is 17.5. The number of methoxy groups -OCH3 is 1. The zero-order valence-electron chi connectivity index (χ0n) is 17.5. The number of carbonyl (C=O) groups excluding carboxylic acids is 1. The Balaban J connectivity index is 1.39. The molecule has 162 valence electrons. The first-order chi connectivity index (χ1) is 15.7. The van der Waals surface area contributed by atoms with E-state index in [9.17, 15) is 4.79 Å². The van der Waals surface area contributed by atoms with Gasteiger partial charge in [-0.15, -0.1) is 0 Å². The van der Waals surface area contributed by atoms with Crippen LogP contribution >= 0.6 is 0 Å². The number of fused-ring (bicyclic) bond motifs is 2. The van der Waals surface area contributed by atoms with Crippen LogP contribution in [0.3, 0.4) is 0 Å². The Morgan fingerprint density at radius 3 is 2.81 bits per heavy atom. The molecule has 1 aromatic heterocycles. The number of hydrogen-bond acceptors (Lipinski definition) is 7. The van der Waals surface area contributed by atoms with Crippen LogP contribution in [0.2, 0.25) is 0 Å². The number of amides is 1. The largest absolute Gasteiger partial charge is 0.454 e. The van der Waals surface area contributed by atoms with Gasteiger partial charge in [0.15, 0.2) is 17.3 Å². The number of rotatable bonds is 7. The van der Waals surface area contributed by atoms with E-state index in [4.69, 9.17) is 18.7 Å². The fraction of sp³-hybridized carbons (Fsp3) is 0.208. The molecule has 5 rings (SSSR count). The monoisotopic (exact) mass is 431 g/mol. The third-order valence-corrected chi connectivity index (χ3v) is 5.29. The minimum atomic E-state index is -0.213. The van der Waals surface area contributed by atoms with Crippen molar-refractivity contribution in [1.82, 2.24) is 15.5 Å². The lowest BCUT2D eigenvalue weighted by Crippen LogP contribution is -2.23. The molecule has 0 bridgehead atoms. The number of hydrogen-bond donors (Lipinski definition) is 1. The van der Waals surface area contributed by atoms with E-state index in [-0.39, 0.29) is 19.2 Å². The Labute approximate surface area is 184 Å². The first-order valence-electron chi connectivity index (χ1n) is 10.2. The second-order valence-electron chi connectivity index (χ2n) is 7.30. The van der Waals surface area contributed by atoms with Crippen molar-refractivity contribution in [3.8, 4) is 22.6 Å². The summed E-state index contributed by atoms with van der Waals surface area (Å²) in [7, 11) is 1.61. The molecule has 1 aliphatic rings.